The maximum absolute atomic E-state index is 9.79. The van der Waals surface area contributed by atoms with Gasteiger partial charge in [-0.3, -0.25) is 0 Å². The predicted molar refractivity (Wildman–Crippen MR) is 42.5 cm³/mol. The molecule has 0 amide bonds. The highest BCUT2D eigenvalue weighted by Gasteiger charge is 1.98. The van der Waals surface area contributed by atoms with Gasteiger partial charge in [0, 0.05) is 0 Å². The second-order valence-electron chi connectivity index (χ2n) is 2.52. The molecule has 2 N–H and O–H groups in total. The molecule has 1 unspecified atom stereocenters. The molecule has 10 heavy (non-hydrogen) atoms. The minimum Gasteiger partial charge on any atom is -0.307 e. The van der Waals surface area contributed by atoms with Gasteiger partial charge in [-0.05, 0) is 12.8 Å². The molecule has 0 aliphatic carbocycles. The Kier molecular flexibility index (Phi) is 6.38. The number of nitrogens with zero attached hydrogens (tertiary/aromatic N) is 1. The van der Waals surface area contributed by atoms with E-state index in [1.54, 1.807) is 0 Å². The van der Waals surface area contributed by atoms with Crippen molar-refractivity contribution in [1.29, 1.82) is 0 Å². The van der Waals surface area contributed by atoms with Crippen LogP contribution >= 0.6 is 0 Å². The van der Waals surface area contributed by atoms with Crippen molar-refractivity contribution < 1.29 is 0 Å². The van der Waals surface area contributed by atoms with E-state index < -0.39 is 6.17 Å². The fraction of sp³-hybridized carbons (Fsp3) is 1.00. The number of rotatable bonds is 6. The first-order chi connectivity index (χ1) is 4.81. The predicted octanol–water partition coefficient (Wildman–Crippen LogP) is 2.01. The molecule has 0 saturated carbocycles. The molecule has 0 fully saturated rings. The first kappa shape index (κ1) is 9.56. The summed E-state index contributed by atoms with van der Waals surface area (Å²) < 4.78 is 0. The molecule has 3 heteroatoms. The molecule has 0 aromatic carbocycles. The van der Waals surface area contributed by atoms with E-state index in [1.807, 2.05) is 0 Å². The van der Waals surface area contributed by atoms with Crippen LogP contribution in [0.25, 0.3) is 0 Å². The van der Waals surface area contributed by atoms with Crippen LogP contribution in [0.1, 0.15) is 39.0 Å². The third-order valence-corrected chi connectivity index (χ3v) is 1.49. The third kappa shape index (κ3) is 5.69. The molecule has 3 nitrogen and oxygen atoms in total. The van der Waals surface area contributed by atoms with Crippen molar-refractivity contribution in [1.82, 2.24) is 0 Å². The Labute approximate surface area is 62.0 Å². The fourth-order valence-electron chi connectivity index (χ4n) is 0.833. The van der Waals surface area contributed by atoms with Gasteiger partial charge in [0.1, 0.15) is 6.17 Å². The Morgan fingerprint density at radius 1 is 1.40 bits per heavy atom. The normalized spacial score (nSPS) is 13.0. The van der Waals surface area contributed by atoms with Crippen LogP contribution in [0.3, 0.4) is 0 Å². The summed E-state index contributed by atoms with van der Waals surface area (Å²) in [5.41, 5.74) is 5.28. The van der Waals surface area contributed by atoms with E-state index >= 15 is 0 Å². The van der Waals surface area contributed by atoms with E-state index in [-0.39, 0.29) is 0 Å². The van der Waals surface area contributed by atoms with Crippen LogP contribution in [0.5, 0.6) is 0 Å². The number of nitrogens with two attached hydrogens (primary N) is 1. The zero-order valence-electron chi connectivity index (χ0n) is 6.55. The molecule has 0 aliphatic heterocycles. The molecular formula is C7H16N2O. The van der Waals surface area contributed by atoms with Crippen LogP contribution in [0, 0.1) is 4.91 Å². The van der Waals surface area contributed by atoms with Crippen molar-refractivity contribution in [2.45, 2.75) is 45.2 Å². The molecule has 0 radical (unpaired) electrons. The van der Waals surface area contributed by atoms with Crippen LogP contribution in [-0.2, 0) is 0 Å². The van der Waals surface area contributed by atoms with Crippen molar-refractivity contribution in [2.75, 3.05) is 0 Å². The number of hydrogen-bond donors (Lipinski definition) is 1. The summed E-state index contributed by atoms with van der Waals surface area (Å²) >= 11 is 0. The van der Waals surface area contributed by atoms with Crippen LogP contribution in [0.4, 0.5) is 0 Å². The number of hydrogen-bond acceptors (Lipinski definition) is 3. The van der Waals surface area contributed by atoms with Crippen LogP contribution < -0.4 is 5.73 Å². The lowest BCUT2D eigenvalue weighted by Crippen LogP contribution is -2.15. The highest BCUT2D eigenvalue weighted by atomic mass is 16.3. The lowest BCUT2D eigenvalue weighted by molar-refractivity contribution is 0.560. The van der Waals surface area contributed by atoms with Gasteiger partial charge in [-0.1, -0.05) is 31.4 Å². The zero-order chi connectivity index (χ0) is 7.82. The monoisotopic (exact) mass is 144 g/mol. The van der Waals surface area contributed by atoms with Crippen molar-refractivity contribution >= 4 is 0 Å². The lowest BCUT2D eigenvalue weighted by atomic mass is 10.1. The van der Waals surface area contributed by atoms with Crippen molar-refractivity contribution in [3.8, 4) is 0 Å². The first-order valence-corrected chi connectivity index (χ1v) is 3.89. The van der Waals surface area contributed by atoms with E-state index in [1.165, 1.54) is 19.3 Å². The summed E-state index contributed by atoms with van der Waals surface area (Å²) in [5.74, 6) is 0. The highest BCUT2D eigenvalue weighted by Crippen LogP contribution is 2.04. The zero-order valence-corrected chi connectivity index (χ0v) is 6.55. The quantitative estimate of drug-likeness (QED) is 0.458. The largest absolute Gasteiger partial charge is 0.307 e. The second-order valence-corrected chi connectivity index (χ2v) is 2.52. The smallest absolute Gasteiger partial charge is 0.139 e. The van der Waals surface area contributed by atoms with Gasteiger partial charge in [-0.2, -0.15) is 0 Å². The summed E-state index contributed by atoms with van der Waals surface area (Å²) in [6.45, 7) is 2.15. The maximum Gasteiger partial charge on any atom is 0.139 e. The Morgan fingerprint density at radius 3 is 2.60 bits per heavy atom. The Bertz CT molecular complexity index is 85.7. The van der Waals surface area contributed by atoms with Crippen LogP contribution in [-0.4, -0.2) is 6.17 Å². The third-order valence-electron chi connectivity index (χ3n) is 1.49. The van der Waals surface area contributed by atoms with Crippen molar-refractivity contribution in [3.05, 3.63) is 4.91 Å². The number of unbranched alkanes of at least 4 members (excludes halogenated alkanes) is 3. The van der Waals surface area contributed by atoms with E-state index in [0.717, 1.165) is 12.8 Å². The molecule has 0 bridgehead atoms. The van der Waals surface area contributed by atoms with E-state index in [4.69, 9.17) is 5.73 Å². The standard InChI is InChI=1S/C7H16N2O/c1-2-3-4-5-6-7(8)9-10/h7H,2-6,8H2,1H3. The molecule has 60 valence electrons. The second kappa shape index (κ2) is 6.68. The summed E-state index contributed by atoms with van der Waals surface area (Å²) in [4.78, 5) is 9.79. The van der Waals surface area contributed by atoms with Crippen molar-refractivity contribution in [2.24, 2.45) is 10.9 Å². The van der Waals surface area contributed by atoms with Gasteiger partial charge < -0.3 is 5.73 Å². The van der Waals surface area contributed by atoms with Crippen LogP contribution in [0.15, 0.2) is 5.18 Å². The summed E-state index contributed by atoms with van der Waals surface area (Å²) in [6.07, 6.45) is 4.90. The van der Waals surface area contributed by atoms with Gasteiger partial charge in [-0.25, -0.2) is 0 Å². The molecule has 0 heterocycles. The average molecular weight is 144 g/mol. The first-order valence-electron chi connectivity index (χ1n) is 3.89. The molecule has 0 spiro atoms. The van der Waals surface area contributed by atoms with Gasteiger partial charge >= 0.3 is 0 Å². The lowest BCUT2D eigenvalue weighted by Gasteiger charge is -2.00. The number of nitroso groups, excluding NO2 is 1. The summed E-state index contributed by atoms with van der Waals surface area (Å²) in [6, 6.07) is 0. The molecule has 0 aromatic rings. The van der Waals surface area contributed by atoms with E-state index in [0.29, 0.717) is 0 Å². The SMILES string of the molecule is CCCCCCC(N)N=O. The highest BCUT2D eigenvalue weighted by molar-refractivity contribution is 4.55. The van der Waals surface area contributed by atoms with E-state index in [2.05, 4.69) is 12.1 Å². The average Bonchev–Trinajstić information content (AvgIpc) is 1.98. The fourth-order valence-corrected chi connectivity index (χ4v) is 0.833. The Hall–Kier alpha value is -0.440. The molecule has 0 aliphatic rings. The minimum absolute atomic E-state index is 0.475. The van der Waals surface area contributed by atoms with Crippen molar-refractivity contribution in [3.63, 3.8) is 0 Å². The van der Waals surface area contributed by atoms with Gasteiger partial charge in [-0.15, -0.1) is 4.91 Å². The minimum atomic E-state index is -0.475. The topological polar surface area (TPSA) is 55.4 Å². The summed E-state index contributed by atoms with van der Waals surface area (Å²) in [5, 5.41) is 2.71. The van der Waals surface area contributed by atoms with Gasteiger partial charge in [0.05, 0.1) is 0 Å². The molecule has 1 atom stereocenters. The van der Waals surface area contributed by atoms with E-state index in [9.17, 15) is 4.91 Å². The summed E-state index contributed by atoms with van der Waals surface area (Å²) in [7, 11) is 0. The van der Waals surface area contributed by atoms with Gasteiger partial charge in [0.25, 0.3) is 0 Å². The molecule has 0 aromatic heterocycles. The molecule has 0 rings (SSSR count). The van der Waals surface area contributed by atoms with Crippen LogP contribution in [0.2, 0.25) is 0 Å². The van der Waals surface area contributed by atoms with Gasteiger partial charge in [0.15, 0.2) is 0 Å². The maximum atomic E-state index is 9.79. The molecular weight excluding hydrogens is 128 g/mol. The Balaban J connectivity index is 2.95. The molecule has 0 saturated heterocycles. The Morgan fingerprint density at radius 2 is 2.10 bits per heavy atom. The van der Waals surface area contributed by atoms with Gasteiger partial charge in [0.2, 0.25) is 0 Å².